The Morgan fingerprint density at radius 3 is 2.74 bits per heavy atom. The maximum Gasteiger partial charge on any atom is 0.119 e. The van der Waals surface area contributed by atoms with Crippen molar-refractivity contribution < 1.29 is 4.74 Å². The highest BCUT2D eigenvalue weighted by molar-refractivity contribution is 9.10. The molecular formula is C14H16BrN3O. The van der Waals surface area contributed by atoms with Crippen molar-refractivity contribution >= 4 is 15.9 Å². The molecule has 0 bridgehead atoms. The van der Waals surface area contributed by atoms with Gasteiger partial charge in [0, 0.05) is 35.6 Å². The molecule has 0 aliphatic carbocycles. The molecule has 0 saturated carbocycles. The Labute approximate surface area is 121 Å². The number of hydrogen-bond donors (Lipinski definition) is 1. The number of nitrogens with one attached hydrogen (secondary N) is 1. The summed E-state index contributed by atoms with van der Waals surface area (Å²) in [5, 5.41) is 3.34. The molecule has 2 aromatic rings. The summed E-state index contributed by atoms with van der Waals surface area (Å²) >= 11 is 3.39. The van der Waals surface area contributed by atoms with Crippen molar-refractivity contribution in [1.29, 1.82) is 0 Å². The Hall–Kier alpha value is -1.46. The molecule has 19 heavy (non-hydrogen) atoms. The van der Waals surface area contributed by atoms with Gasteiger partial charge in [0.2, 0.25) is 0 Å². The maximum absolute atomic E-state index is 5.63. The predicted octanol–water partition coefficient (Wildman–Crippen LogP) is 2.97. The molecule has 2 rings (SSSR count). The minimum Gasteiger partial charge on any atom is -0.492 e. The van der Waals surface area contributed by atoms with E-state index in [9.17, 15) is 0 Å². The predicted molar refractivity (Wildman–Crippen MR) is 78.1 cm³/mol. The van der Waals surface area contributed by atoms with Gasteiger partial charge in [0.1, 0.15) is 12.4 Å². The molecule has 0 spiro atoms. The summed E-state index contributed by atoms with van der Waals surface area (Å²) in [7, 11) is 0. The fraction of sp³-hybridized carbons (Fsp3) is 0.286. The van der Waals surface area contributed by atoms with Gasteiger partial charge in [-0.1, -0.05) is 15.9 Å². The van der Waals surface area contributed by atoms with E-state index in [4.69, 9.17) is 4.74 Å². The third kappa shape index (κ3) is 4.61. The summed E-state index contributed by atoms with van der Waals surface area (Å²) in [5.74, 6) is 0.872. The van der Waals surface area contributed by atoms with Gasteiger partial charge >= 0.3 is 0 Å². The lowest BCUT2D eigenvalue weighted by atomic mass is 10.2. The molecule has 0 aliphatic heterocycles. The van der Waals surface area contributed by atoms with Crippen LogP contribution in [0.25, 0.3) is 0 Å². The minimum atomic E-state index is 0.169. The molecule has 5 heteroatoms. The van der Waals surface area contributed by atoms with Crippen LogP contribution in [0.5, 0.6) is 5.75 Å². The van der Waals surface area contributed by atoms with Crippen LogP contribution in [-0.2, 0) is 0 Å². The van der Waals surface area contributed by atoms with E-state index in [0.717, 1.165) is 22.5 Å². The van der Waals surface area contributed by atoms with Crippen LogP contribution in [0.15, 0.2) is 47.3 Å². The van der Waals surface area contributed by atoms with E-state index >= 15 is 0 Å². The largest absolute Gasteiger partial charge is 0.492 e. The second kappa shape index (κ2) is 7.21. The zero-order chi connectivity index (χ0) is 13.5. The molecular weight excluding hydrogens is 306 g/mol. The summed E-state index contributed by atoms with van der Waals surface area (Å²) < 4.78 is 6.68. The highest BCUT2D eigenvalue weighted by atomic mass is 79.9. The molecule has 0 aliphatic rings. The van der Waals surface area contributed by atoms with E-state index in [0.29, 0.717) is 6.61 Å². The van der Waals surface area contributed by atoms with Gasteiger partial charge in [0.05, 0.1) is 5.69 Å². The Bertz CT molecular complexity index is 490. The summed E-state index contributed by atoms with van der Waals surface area (Å²) in [6.45, 7) is 3.43. The first kappa shape index (κ1) is 14.0. The zero-order valence-electron chi connectivity index (χ0n) is 10.7. The monoisotopic (exact) mass is 321 g/mol. The molecule has 1 N–H and O–H groups in total. The lowest BCUT2D eigenvalue weighted by molar-refractivity contribution is 0.307. The van der Waals surface area contributed by atoms with Crippen LogP contribution in [0.3, 0.4) is 0 Å². The fourth-order valence-corrected chi connectivity index (χ4v) is 1.88. The number of ether oxygens (including phenoxy) is 1. The summed E-state index contributed by atoms with van der Waals surface area (Å²) in [6.07, 6.45) is 5.14. The van der Waals surface area contributed by atoms with Gasteiger partial charge in [-0.2, -0.15) is 0 Å². The molecule has 0 fully saturated rings. The second-order valence-electron chi connectivity index (χ2n) is 4.11. The van der Waals surface area contributed by atoms with Gasteiger partial charge in [-0.05, 0) is 31.2 Å². The van der Waals surface area contributed by atoms with Crippen molar-refractivity contribution in [3.8, 4) is 5.75 Å². The van der Waals surface area contributed by atoms with Crippen molar-refractivity contribution in [2.75, 3.05) is 13.2 Å². The summed E-state index contributed by atoms with van der Waals surface area (Å²) in [5.41, 5.74) is 0.936. The van der Waals surface area contributed by atoms with E-state index in [-0.39, 0.29) is 6.04 Å². The second-order valence-corrected chi connectivity index (χ2v) is 5.02. The SMILES string of the molecule is C[C@H](NCCOc1ccc(Br)cc1)c1cnccn1. The van der Waals surface area contributed by atoms with E-state index < -0.39 is 0 Å². The Balaban J connectivity index is 1.71. The number of benzene rings is 1. The third-order valence-electron chi connectivity index (χ3n) is 2.66. The smallest absolute Gasteiger partial charge is 0.119 e. The number of nitrogens with zero attached hydrogens (tertiary/aromatic N) is 2. The summed E-state index contributed by atoms with van der Waals surface area (Å²) in [4.78, 5) is 8.31. The lowest BCUT2D eigenvalue weighted by Crippen LogP contribution is -2.25. The normalized spacial score (nSPS) is 12.1. The van der Waals surface area contributed by atoms with Crippen molar-refractivity contribution in [1.82, 2.24) is 15.3 Å². The standard InChI is InChI=1S/C14H16BrN3O/c1-11(14-10-16-6-7-18-14)17-8-9-19-13-4-2-12(15)3-5-13/h2-7,10-11,17H,8-9H2,1H3/t11-/m0/s1. The van der Waals surface area contributed by atoms with Gasteiger partial charge in [-0.25, -0.2) is 0 Å². The highest BCUT2D eigenvalue weighted by Gasteiger charge is 2.05. The molecule has 1 aromatic heterocycles. The van der Waals surface area contributed by atoms with Crippen LogP contribution in [-0.4, -0.2) is 23.1 Å². The van der Waals surface area contributed by atoms with E-state index in [1.807, 2.05) is 24.3 Å². The van der Waals surface area contributed by atoms with Crippen LogP contribution in [0.4, 0.5) is 0 Å². The molecule has 4 nitrogen and oxygen atoms in total. The maximum atomic E-state index is 5.63. The minimum absolute atomic E-state index is 0.169. The Kier molecular flexibility index (Phi) is 5.30. The highest BCUT2D eigenvalue weighted by Crippen LogP contribution is 2.15. The van der Waals surface area contributed by atoms with Crippen molar-refractivity contribution in [3.05, 3.63) is 53.0 Å². The van der Waals surface area contributed by atoms with Gasteiger partial charge in [-0.3, -0.25) is 9.97 Å². The number of aromatic nitrogens is 2. The zero-order valence-corrected chi connectivity index (χ0v) is 12.3. The van der Waals surface area contributed by atoms with Crippen molar-refractivity contribution in [2.24, 2.45) is 0 Å². The molecule has 0 saturated heterocycles. The molecule has 0 amide bonds. The average Bonchev–Trinajstić information content (AvgIpc) is 2.46. The molecule has 1 aromatic carbocycles. The number of rotatable bonds is 6. The first-order chi connectivity index (χ1) is 9.25. The van der Waals surface area contributed by atoms with Crippen LogP contribution in [0.1, 0.15) is 18.7 Å². The topological polar surface area (TPSA) is 47.0 Å². The summed E-state index contributed by atoms with van der Waals surface area (Å²) in [6, 6.07) is 7.98. The van der Waals surface area contributed by atoms with Crippen molar-refractivity contribution in [2.45, 2.75) is 13.0 Å². The molecule has 1 atom stereocenters. The van der Waals surface area contributed by atoms with E-state index in [1.54, 1.807) is 18.6 Å². The van der Waals surface area contributed by atoms with E-state index in [1.165, 1.54) is 0 Å². The van der Waals surface area contributed by atoms with Gasteiger partial charge in [-0.15, -0.1) is 0 Å². The molecule has 0 unspecified atom stereocenters. The first-order valence-electron chi connectivity index (χ1n) is 6.13. The van der Waals surface area contributed by atoms with E-state index in [2.05, 4.69) is 38.1 Å². The van der Waals surface area contributed by atoms with Crippen LogP contribution >= 0.6 is 15.9 Å². The van der Waals surface area contributed by atoms with Crippen LogP contribution < -0.4 is 10.1 Å². The molecule has 100 valence electrons. The molecule has 1 heterocycles. The van der Waals surface area contributed by atoms with Crippen molar-refractivity contribution in [3.63, 3.8) is 0 Å². The quantitative estimate of drug-likeness (QED) is 0.831. The van der Waals surface area contributed by atoms with Crippen LogP contribution in [0, 0.1) is 0 Å². The fourth-order valence-electron chi connectivity index (χ4n) is 1.61. The molecule has 0 radical (unpaired) electrons. The van der Waals surface area contributed by atoms with Gasteiger partial charge in [0.25, 0.3) is 0 Å². The van der Waals surface area contributed by atoms with Gasteiger partial charge < -0.3 is 10.1 Å². The average molecular weight is 322 g/mol. The Morgan fingerprint density at radius 1 is 1.26 bits per heavy atom. The first-order valence-corrected chi connectivity index (χ1v) is 6.92. The number of hydrogen-bond acceptors (Lipinski definition) is 4. The van der Waals surface area contributed by atoms with Crippen LogP contribution in [0.2, 0.25) is 0 Å². The third-order valence-corrected chi connectivity index (χ3v) is 3.19. The van der Waals surface area contributed by atoms with Gasteiger partial charge in [0.15, 0.2) is 0 Å². The number of halogens is 1. The lowest BCUT2D eigenvalue weighted by Gasteiger charge is -2.13. The Morgan fingerprint density at radius 2 is 2.05 bits per heavy atom.